The fraction of sp³-hybridized carbons (Fsp3) is 0.240. The van der Waals surface area contributed by atoms with Crippen molar-refractivity contribution in [3.8, 4) is 5.75 Å². The molecule has 0 heterocycles. The lowest BCUT2D eigenvalue weighted by atomic mass is 10.0. The van der Waals surface area contributed by atoms with E-state index < -0.39 is 22.5 Å². The molecular weight excluding hydrogens is 410 g/mol. The molecule has 0 aliphatic heterocycles. The summed E-state index contributed by atoms with van der Waals surface area (Å²) in [4.78, 5) is 13.2. The number of amides is 1. The molecule has 0 aromatic heterocycles. The van der Waals surface area contributed by atoms with Gasteiger partial charge in [0.05, 0.1) is 10.6 Å². The highest BCUT2D eigenvalue weighted by atomic mass is 32.2. The van der Waals surface area contributed by atoms with Crippen LogP contribution in [-0.4, -0.2) is 20.9 Å². The summed E-state index contributed by atoms with van der Waals surface area (Å²) in [5, 5.41) is 0. The Morgan fingerprint density at radius 2 is 1.48 bits per heavy atom. The van der Waals surface area contributed by atoms with Gasteiger partial charge in [-0.15, -0.1) is 0 Å². The zero-order chi connectivity index (χ0) is 22.6. The molecule has 5 nitrogen and oxygen atoms in total. The van der Waals surface area contributed by atoms with Crippen molar-refractivity contribution in [1.29, 1.82) is 0 Å². The molecule has 6 heteroatoms. The maximum atomic E-state index is 13.4. The molecule has 1 amide bonds. The van der Waals surface area contributed by atoms with Gasteiger partial charge < -0.3 is 4.74 Å². The highest BCUT2D eigenvalue weighted by Crippen LogP contribution is 2.26. The molecule has 0 unspecified atom stereocenters. The van der Waals surface area contributed by atoms with Gasteiger partial charge in [-0.3, -0.25) is 4.79 Å². The second kappa shape index (κ2) is 9.35. The average molecular weight is 438 g/mol. The Kier molecular flexibility index (Phi) is 6.81. The van der Waals surface area contributed by atoms with Crippen LogP contribution < -0.4 is 9.04 Å². The minimum absolute atomic E-state index is 0.0498. The van der Waals surface area contributed by atoms with Crippen molar-refractivity contribution in [2.45, 2.75) is 38.5 Å². The lowest BCUT2D eigenvalue weighted by molar-refractivity contribution is -0.119. The number of sulfonamides is 1. The van der Waals surface area contributed by atoms with E-state index in [4.69, 9.17) is 4.74 Å². The fourth-order valence-corrected chi connectivity index (χ4v) is 4.49. The van der Waals surface area contributed by atoms with Gasteiger partial charge in [-0.25, -0.2) is 8.42 Å². The molecule has 0 atom stereocenters. The maximum absolute atomic E-state index is 13.4. The predicted molar refractivity (Wildman–Crippen MR) is 123 cm³/mol. The van der Waals surface area contributed by atoms with E-state index in [1.54, 1.807) is 42.5 Å². The number of aryl methyl sites for hydroxylation is 2. The van der Waals surface area contributed by atoms with Crippen LogP contribution in [0, 0.1) is 13.8 Å². The minimum atomic E-state index is -4.11. The second-order valence-corrected chi connectivity index (χ2v) is 9.61. The molecule has 162 valence electrons. The summed E-state index contributed by atoms with van der Waals surface area (Å²) in [6.07, 6.45) is 0. The smallest absolute Gasteiger partial charge is 0.278 e. The number of hydrogen-bond acceptors (Lipinski definition) is 4. The largest absolute Gasteiger partial charge is 0.484 e. The molecule has 31 heavy (non-hydrogen) atoms. The van der Waals surface area contributed by atoms with Crippen molar-refractivity contribution < 1.29 is 17.9 Å². The third-order valence-corrected chi connectivity index (χ3v) is 6.70. The molecule has 0 saturated heterocycles. The zero-order valence-electron chi connectivity index (χ0n) is 18.2. The lowest BCUT2D eigenvalue weighted by Gasteiger charge is -2.23. The van der Waals surface area contributed by atoms with Gasteiger partial charge >= 0.3 is 0 Å². The highest BCUT2D eigenvalue weighted by molar-refractivity contribution is 7.93. The number of ether oxygens (including phenoxy) is 1. The molecule has 0 bridgehead atoms. The SMILES string of the molecule is Cc1ccc(N(C(=O)COc2cccc(C(C)C)c2)S(=O)(=O)c2ccc(C)cc2)cc1. The first kappa shape index (κ1) is 22.6. The Morgan fingerprint density at radius 3 is 2.06 bits per heavy atom. The van der Waals surface area contributed by atoms with Crippen molar-refractivity contribution in [3.63, 3.8) is 0 Å². The first-order chi connectivity index (χ1) is 14.7. The minimum Gasteiger partial charge on any atom is -0.484 e. The number of rotatable bonds is 7. The number of nitrogens with zero attached hydrogens (tertiary/aromatic N) is 1. The lowest BCUT2D eigenvalue weighted by Crippen LogP contribution is -2.40. The fourth-order valence-electron chi connectivity index (χ4n) is 3.08. The summed E-state index contributed by atoms with van der Waals surface area (Å²) < 4.78 is 33.3. The number of hydrogen-bond donors (Lipinski definition) is 0. The second-order valence-electron chi connectivity index (χ2n) is 7.83. The number of carbonyl (C=O) groups is 1. The Labute approximate surface area is 184 Å². The molecule has 0 radical (unpaired) electrons. The molecule has 0 N–H and O–H groups in total. The molecule has 0 aliphatic rings. The molecule has 0 spiro atoms. The van der Waals surface area contributed by atoms with Crippen molar-refractivity contribution >= 4 is 21.6 Å². The van der Waals surface area contributed by atoms with Gasteiger partial charge in [0.15, 0.2) is 6.61 Å². The topological polar surface area (TPSA) is 63.7 Å². The monoisotopic (exact) mass is 437 g/mol. The first-order valence-electron chi connectivity index (χ1n) is 10.1. The van der Waals surface area contributed by atoms with Crippen LogP contribution in [0.4, 0.5) is 5.69 Å². The molecule has 0 fully saturated rings. The molecule has 3 aromatic carbocycles. The van der Waals surface area contributed by atoms with E-state index in [2.05, 4.69) is 13.8 Å². The third kappa shape index (κ3) is 5.33. The van der Waals surface area contributed by atoms with Gasteiger partial charge in [0.2, 0.25) is 0 Å². The van der Waals surface area contributed by atoms with E-state index in [-0.39, 0.29) is 10.6 Å². The Bertz CT molecular complexity index is 1150. The highest BCUT2D eigenvalue weighted by Gasteiger charge is 2.31. The van der Waals surface area contributed by atoms with Gasteiger partial charge in [0.25, 0.3) is 15.9 Å². The van der Waals surface area contributed by atoms with Gasteiger partial charge in [-0.2, -0.15) is 4.31 Å². The predicted octanol–water partition coefficient (Wildman–Crippen LogP) is 5.23. The van der Waals surface area contributed by atoms with E-state index in [9.17, 15) is 13.2 Å². The summed E-state index contributed by atoms with van der Waals surface area (Å²) >= 11 is 0. The summed E-state index contributed by atoms with van der Waals surface area (Å²) in [6.45, 7) is 7.50. The zero-order valence-corrected chi connectivity index (χ0v) is 19.0. The van der Waals surface area contributed by atoms with Crippen LogP contribution in [0.1, 0.15) is 36.5 Å². The van der Waals surface area contributed by atoms with Gasteiger partial charge in [-0.05, 0) is 61.7 Å². The van der Waals surface area contributed by atoms with Crippen LogP contribution in [-0.2, 0) is 14.8 Å². The molecule has 0 saturated carbocycles. The van der Waals surface area contributed by atoms with Crippen molar-refractivity contribution in [1.82, 2.24) is 0 Å². The van der Waals surface area contributed by atoms with Crippen LogP contribution in [0.2, 0.25) is 0 Å². The van der Waals surface area contributed by atoms with Crippen LogP contribution >= 0.6 is 0 Å². The normalized spacial score (nSPS) is 11.4. The first-order valence-corrected chi connectivity index (χ1v) is 11.6. The van der Waals surface area contributed by atoms with Gasteiger partial charge in [0, 0.05) is 0 Å². The standard InChI is InChI=1S/C25H27NO4S/c1-18(2)21-6-5-7-23(16-21)30-17-25(27)26(22-12-8-19(3)9-13-22)31(28,29)24-14-10-20(4)11-15-24/h5-16,18H,17H2,1-4H3. The number of carbonyl (C=O) groups excluding carboxylic acids is 1. The molecule has 3 aromatic rings. The van der Waals surface area contributed by atoms with E-state index >= 15 is 0 Å². The van der Waals surface area contributed by atoms with Crippen molar-refractivity contribution in [2.75, 3.05) is 10.9 Å². The number of benzene rings is 3. The summed E-state index contributed by atoms with van der Waals surface area (Å²) in [6, 6.07) is 20.7. The van der Waals surface area contributed by atoms with Crippen LogP contribution in [0.5, 0.6) is 5.75 Å². The Balaban J connectivity index is 1.92. The van der Waals surface area contributed by atoms with E-state index in [1.165, 1.54) is 12.1 Å². The van der Waals surface area contributed by atoms with E-state index in [0.29, 0.717) is 11.7 Å². The van der Waals surface area contributed by atoms with E-state index in [1.807, 2.05) is 32.0 Å². The third-order valence-electron chi connectivity index (χ3n) is 4.94. The summed E-state index contributed by atoms with van der Waals surface area (Å²) in [5.74, 6) is 0.167. The van der Waals surface area contributed by atoms with Gasteiger partial charge in [-0.1, -0.05) is 61.4 Å². The van der Waals surface area contributed by atoms with E-state index in [0.717, 1.165) is 21.0 Å². The molecule has 0 aliphatic carbocycles. The summed E-state index contributed by atoms with van der Waals surface area (Å²) in [5.41, 5.74) is 3.24. The molecular formula is C25H27NO4S. The van der Waals surface area contributed by atoms with Crippen LogP contribution in [0.15, 0.2) is 77.7 Å². The summed E-state index contributed by atoms with van der Waals surface area (Å²) in [7, 11) is -4.11. The average Bonchev–Trinajstić information content (AvgIpc) is 2.74. The Hall–Kier alpha value is -3.12. The van der Waals surface area contributed by atoms with Crippen LogP contribution in [0.25, 0.3) is 0 Å². The quantitative estimate of drug-likeness (QED) is 0.508. The van der Waals surface area contributed by atoms with Crippen molar-refractivity contribution in [2.24, 2.45) is 0 Å². The Morgan fingerprint density at radius 1 is 0.903 bits per heavy atom. The number of anilines is 1. The molecule has 3 rings (SSSR count). The van der Waals surface area contributed by atoms with Gasteiger partial charge in [0.1, 0.15) is 5.75 Å². The maximum Gasteiger partial charge on any atom is 0.278 e. The van der Waals surface area contributed by atoms with Crippen molar-refractivity contribution in [3.05, 3.63) is 89.5 Å². The van der Waals surface area contributed by atoms with Crippen LogP contribution in [0.3, 0.4) is 0 Å².